The normalized spacial score (nSPS) is 11.3. The number of hydrogen-bond acceptors (Lipinski definition) is 4. The van der Waals surface area contributed by atoms with Crippen LogP contribution >= 0.6 is 0 Å². The molecule has 0 aliphatic heterocycles. The van der Waals surface area contributed by atoms with Crippen LogP contribution in [0.5, 0.6) is 0 Å². The van der Waals surface area contributed by atoms with Crippen LogP contribution < -0.4 is 16.2 Å². The van der Waals surface area contributed by atoms with E-state index < -0.39 is 10.0 Å². The van der Waals surface area contributed by atoms with E-state index in [4.69, 9.17) is 10.9 Å². The molecule has 5 N–H and O–H groups in total. The van der Waals surface area contributed by atoms with E-state index in [9.17, 15) is 8.42 Å². The van der Waals surface area contributed by atoms with Crippen molar-refractivity contribution >= 4 is 27.1 Å². The number of nitrogen functional groups attached to an aromatic ring is 1. The van der Waals surface area contributed by atoms with Crippen LogP contribution in [0.1, 0.15) is 11.1 Å². The van der Waals surface area contributed by atoms with Crippen molar-refractivity contribution in [3.05, 3.63) is 47.5 Å². The Balaban J connectivity index is 2.44. The summed E-state index contributed by atoms with van der Waals surface area (Å²) in [6.45, 7) is 3.95. The smallest absolute Gasteiger partial charge is 0.238 e. The first-order chi connectivity index (χ1) is 9.25. The zero-order chi connectivity index (χ0) is 14.9. The molecule has 0 spiro atoms. The van der Waals surface area contributed by atoms with Crippen LogP contribution in [0, 0.1) is 13.8 Å². The Labute approximate surface area is 118 Å². The Morgan fingerprint density at radius 1 is 1.05 bits per heavy atom. The highest BCUT2D eigenvalue weighted by Gasteiger charge is 2.10. The Bertz CT molecular complexity index is 755. The molecule has 0 aromatic heterocycles. The van der Waals surface area contributed by atoms with E-state index in [2.05, 4.69) is 5.32 Å². The first kappa shape index (κ1) is 14.4. The predicted octanol–water partition coefficient (Wildman–Crippen LogP) is 2.28. The molecule has 2 rings (SSSR count). The van der Waals surface area contributed by atoms with Gasteiger partial charge in [0.25, 0.3) is 0 Å². The number of anilines is 3. The van der Waals surface area contributed by atoms with Gasteiger partial charge < -0.3 is 11.1 Å². The van der Waals surface area contributed by atoms with Gasteiger partial charge in [-0.05, 0) is 49.2 Å². The van der Waals surface area contributed by atoms with Gasteiger partial charge in [-0.25, -0.2) is 13.6 Å². The van der Waals surface area contributed by atoms with E-state index in [-0.39, 0.29) is 4.90 Å². The molecule has 0 heterocycles. The summed E-state index contributed by atoms with van der Waals surface area (Å²) in [5.74, 6) is 0. The summed E-state index contributed by atoms with van der Waals surface area (Å²) < 4.78 is 22.8. The summed E-state index contributed by atoms with van der Waals surface area (Å²) in [5.41, 5.74) is 9.70. The topological polar surface area (TPSA) is 98.2 Å². The molecule has 0 radical (unpaired) electrons. The Morgan fingerprint density at radius 3 is 2.40 bits per heavy atom. The van der Waals surface area contributed by atoms with Crippen molar-refractivity contribution in [1.82, 2.24) is 0 Å². The third-order valence-corrected chi connectivity index (χ3v) is 3.82. The average molecular weight is 291 g/mol. The molecule has 0 aliphatic carbocycles. The molecule has 0 fully saturated rings. The van der Waals surface area contributed by atoms with Gasteiger partial charge in [-0.15, -0.1) is 0 Å². The predicted molar refractivity (Wildman–Crippen MR) is 81.4 cm³/mol. The van der Waals surface area contributed by atoms with Crippen LogP contribution in [0.3, 0.4) is 0 Å². The van der Waals surface area contributed by atoms with Gasteiger partial charge in [-0.3, -0.25) is 0 Å². The third-order valence-electron chi connectivity index (χ3n) is 2.93. The Kier molecular flexibility index (Phi) is 3.69. The number of sulfonamides is 1. The van der Waals surface area contributed by atoms with E-state index >= 15 is 0 Å². The highest BCUT2D eigenvalue weighted by molar-refractivity contribution is 7.89. The van der Waals surface area contributed by atoms with Crippen LogP contribution in [0.4, 0.5) is 17.1 Å². The monoisotopic (exact) mass is 291 g/mol. The quantitative estimate of drug-likeness (QED) is 0.755. The maximum absolute atomic E-state index is 11.4. The molecule has 0 saturated heterocycles. The molecule has 0 aliphatic rings. The number of rotatable bonds is 3. The fourth-order valence-corrected chi connectivity index (χ4v) is 2.48. The van der Waals surface area contributed by atoms with Gasteiger partial charge in [-0.2, -0.15) is 0 Å². The van der Waals surface area contributed by atoms with Gasteiger partial charge in [0.1, 0.15) is 0 Å². The maximum atomic E-state index is 11.4. The van der Waals surface area contributed by atoms with Crippen molar-refractivity contribution in [2.45, 2.75) is 18.7 Å². The van der Waals surface area contributed by atoms with Crippen LogP contribution in [-0.2, 0) is 10.0 Å². The molecule has 0 amide bonds. The van der Waals surface area contributed by atoms with E-state index in [1.165, 1.54) is 12.1 Å². The Morgan fingerprint density at radius 2 is 1.75 bits per heavy atom. The van der Waals surface area contributed by atoms with Crippen LogP contribution in [0.15, 0.2) is 41.3 Å². The summed E-state index contributed by atoms with van der Waals surface area (Å²) in [4.78, 5) is -0.00898. The van der Waals surface area contributed by atoms with Crippen molar-refractivity contribution < 1.29 is 8.42 Å². The standard InChI is InChI=1S/C14H17N3O2S/c1-9-3-4-10(2)14(5-9)17-12-6-11(15)7-13(8-12)20(16,18)19/h3-8,17H,15H2,1-2H3,(H2,16,18,19). The zero-order valence-electron chi connectivity index (χ0n) is 11.3. The molecule has 0 unspecified atom stereocenters. The van der Waals surface area contributed by atoms with Gasteiger partial charge in [0, 0.05) is 17.1 Å². The lowest BCUT2D eigenvalue weighted by molar-refractivity contribution is 0.598. The molecule has 20 heavy (non-hydrogen) atoms. The summed E-state index contributed by atoms with van der Waals surface area (Å²) in [7, 11) is -3.78. The largest absolute Gasteiger partial charge is 0.399 e. The van der Waals surface area contributed by atoms with Gasteiger partial charge in [-0.1, -0.05) is 12.1 Å². The minimum absolute atomic E-state index is 0.00898. The first-order valence-corrected chi connectivity index (χ1v) is 7.58. The minimum atomic E-state index is -3.78. The summed E-state index contributed by atoms with van der Waals surface area (Å²) in [6, 6.07) is 10.4. The second-order valence-electron chi connectivity index (χ2n) is 4.78. The molecule has 0 atom stereocenters. The number of hydrogen-bond donors (Lipinski definition) is 3. The lowest BCUT2D eigenvalue weighted by Gasteiger charge is -2.12. The molecule has 6 heteroatoms. The van der Waals surface area contributed by atoms with Crippen LogP contribution in [0.2, 0.25) is 0 Å². The number of primary sulfonamides is 1. The fraction of sp³-hybridized carbons (Fsp3) is 0.143. The minimum Gasteiger partial charge on any atom is -0.399 e. The van der Waals surface area contributed by atoms with E-state index in [1.54, 1.807) is 6.07 Å². The fourth-order valence-electron chi connectivity index (χ4n) is 1.88. The van der Waals surface area contributed by atoms with Crippen LogP contribution in [0.25, 0.3) is 0 Å². The SMILES string of the molecule is Cc1ccc(C)c(Nc2cc(N)cc(S(N)(=O)=O)c2)c1. The molecule has 2 aromatic carbocycles. The van der Waals surface area contributed by atoms with Crippen molar-refractivity contribution in [3.8, 4) is 0 Å². The molecule has 5 nitrogen and oxygen atoms in total. The summed E-state index contributed by atoms with van der Waals surface area (Å²) in [5, 5.41) is 8.30. The number of aryl methyl sites for hydroxylation is 2. The highest BCUT2D eigenvalue weighted by Crippen LogP contribution is 2.25. The Hall–Kier alpha value is -2.05. The van der Waals surface area contributed by atoms with Crippen LogP contribution in [-0.4, -0.2) is 8.42 Å². The van der Waals surface area contributed by atoms with Gasteiger partial charge in [0.05, 0.1) is 4.90 Å². The third kappa shape index (κ3) is 3.28. The van der Waals surface area contributed by atoms with Gasteiger partial charge >= 0.3 is 0 Å². The molecule has 106 valence electrons. The lowest BCUT2D eigenvalue weighted by Crippen LogP contribution is -2.12. The molecule has 0 bridgehead atoms. The van der Waals surface area contributed by atoms with Gasteiger partial charge in [0.15, 0.2) is 0 Å². The summed E-state index contributed by atoms with van der Waals surface area (Å²) >= 11 is 0. The maximum Gasteiger partial charge on any atom is 0.238 e. The van der Waals surface area contributed by atoms with E-state index in [0.717, 1.165) is 16.8 Å². The number of nitrogens with two attached hydrogens (primary N) is 2. The second-order valence-corrected chi connectivity index (χ2v) is 6.34. The summed E-state index contributed by atoms with van der Waals surface area (Å²) in [6.07, 6.45) is 0. The highest BCUT2D eigenvalue weighted by atomic mass is 32.2. The molecule has 2 aromatic rings. The van der Waals surface area contributed by atoms with Crippen molar-refractivity contribution in [2.75, 3.05) is 11.1 Å². The zero-order valence-corrected chi connectivity index (χ0v) is 12.2. The van der Waals surface area contributed by atoms with Gasteiger partial charge in [0.2, 0.25) is 10.0 Å². The van der Waals surface area contributed by atoms with E-state index in [1.807, 2.05) is 32.0 Å². The molecular weight excluding hydrogens is 274 g/mol. The van der Waals surface area contributed by atoms with Crippen molar-refractivity contribution in [3.63, 3.8) is 0 Å². The number of nitrogens with one attached hydrogen (secondary N) is 1. The van der Waals surface area contributed by atoms with Crippen molar-refractivity contribution in [2.24, 2.45) is 5.14 Å². The molecule has 0 saturated carbocycles. The number of benzene rings is 2. The van der Waals surface area contributed by atoms with E-state index in [0.29, 0.717) is 11.4 Å². The first-order valence-electron chi connectivity index (χ1n) is 6.03. The van der Waals surface area contributed by atoms with Crippen molar-refractivity contribution in [1.29, 1.82) is 0 Å². The molecular formula is C14H17N3O2S. The lowest BCUT2D eigenvalue weighted by atomic mass is 10.1. The second kappa shape index (κ2) is 5.15. The average Bonchev–Trinajstić information content (AvgIpc) is 2.32.